The summed E-state index contributed by atoms with van der Waals surface area (Å²) in [6.45, 7) is 3.28. The summed E-state index contributed by atoms with van der Waals surface area (Å²) in [5.41, 5.74) is 0. The van der Waals surface area contributed by atoms with E-state index in [1.165, 1.54) is 6.92 Å². The molecule has 0 rings (SSSR count). The third-order valence-corrected chi connectivity index (χ3v) is 1.08. The first-order chi connectivity index (χ1) is 6.06. The summed E-state index contributed by atoms with van der Waals surface area (Å²) < 4.78 is 9.05. The first-order valence-electron chi connectivity index (χ1n) is 4.05. The van der Waals surface area contributed by atoms with Crippen molar-refractivity contribution < 1.29 is 24.2 Å². The van der Waals surface area contributed by atoms with E-state index in [9.17, 15) is 9.59 Å². The number of hydrogen-bond donors (Lipinski definition) is 1. The Labute approximate surface area is 76.6 Å². The summed E-state index contributed by atoms with van der Waals surface area (Å²) in [6, 6.07) is 0. The van der Waals surface area contributed by atoms with Crippen molar-refractivity contribution in [2.24, 2.45) is 0 Å². The number of hydrogen-bond acceptors (Lipinski definition) is 5. The molecule has 0 aromatic carbocycles. The predicted molar refractivity (Wildman–Crippen MR) is 43.9 cm³/mol. The number of aliphatic hydroxyl groups is 1. The van der Waals surface area contributed by atoms with Crippen LogP contribution in [0.4, 0.5) is 0 Å². The third kappa shape index (κ3) is 7.27. The molecule has 5 nitrogen and oxygen atoms in total. The quantitative estimate of drug-likeness (QED) is 0.482. The molecule has 0 radical (unpaired) electrons. The fourth-order valence-corrected chi connectivity index (χ4v) is 0.594. The summed E-state index contributed by atoms with van der Waals surface area (Å²) >= 11 is 0. The normalized spacial score (nSPS) is 11.9. The van der Waals surface area contributed by atoms with Crippen LogP contribution in [0.15, 0.2) is 0 Å². The summed E-state index contributed by atoms with van der Waals surface area (Å²) in [5.74, 6) is -1.29. The van der Waals surface area contributed by atoms with Gasteiger partial charge in [0.05, 0.1) is 12.7 Å². The van der Waals surface area contributed by atoms with Gasteiger partial charge in [0, 0.05) is 0 Å². The third-order valence-electron chi connectivity index (χ3n) is 1.08. The largest absolute Gasteiger partial charge is 0.466 e. The molecule has 1 unspecified atom stereocenters. The predicted octanol–water partition coefficient (Wildman–Crippen LogP) is -0.136. The number of carbonyl (C=O) groups is 2. The molecule has 5 heteroatoms. The lowest BCUT2D eigenvalue weighted by Gasteiger charge is -2.05. The van der Waals surface area contributed by atoms with Crippen LogP contribution in [0.25, 0.3) is 0 Å². The number of esters is 2. The Morgan fingerprint density at radius 3 is 2.31 bits per heavy atom. The molecule has 76 valence electrons. The highest BCUT2D eigenvalue weighted by atomic mass is 16.6. The van der Waals surface area contributed by atoms with Gasteiger partial charge in [0.15, 0.2) is 0 Å². The second-order valence-electron chi connectivity index (χ2n) is 2.51. The van der Waals surface area contributed by atoms with E-state index in [2.05, 4.69) is 9.47 Å². The minimum Gasteiger partial charge on any atom is -0.466 e. The fraction of sp³-hybridized carbons (Fsp3) is 0.750. The standard InChI is InChI=1S/C8H14O5/c1-3-12-7(10)4-8(11)13-5-6(2)9/h6,9H,3-5H2,1-2H3. The Kier molecular flexibility index (Phi) is 5.88. The average Bonchev–Trinajstić information content (AvgIpc) is 2.01. The lowest BCUT2D eigenvalue weighted by atomic mass is 10.4. The van der Waals surface area contributed by atoms with Crippen molar-refractivity contribution >= 4 is 11.9 Å². The maximum atomic E-state index is 10.8. The van der Waals surface area contributed by atoms with Crippen LogP contribution in [0.5, 0.6) is 0 Å². The van der Waals surface area contributed by atoms with E-state index in [-0.39, 0.29) is 13.2 Å². The zero-order valence-corrected chi connectivity index (χ0v) is 7.78. The van der Waals surface area contributed by atoms with Crippen molar-refractivity contribution in [3.05, 3.63) is 0 Å². The fourth-order valence-electron chi connectivity index (χ4n) is 0.594. The van der Waals surface area contributed by atoms with Crippen molar-refractivity contribution in [3.63, 3.8) is 0 Å². The molecule has 0 aromatic heterocycles. The van der Waals surface area contributed by atoms with Crippen LogP contribution >= 0.6 is 0 Å². The Morgan fingerprint density at radius 1 is 1.31 bits per heavy atom. The minimum atomic E-state index is -0.717. The molecule has 0 aliphatic carbocycles. The van der Waals surface area contributed by atoms with Crippen LogP contribution in [0.1, 0.15) is 20.3 Å². The summed E-state index contributed by atoms with van der Waals surface area (Å²) in [4.78, 5) is 21.5. The highest BCUT2D eigenvalue weighted by Gasteiger charge is 2.11. The van der Waals surface area contributed by atoms with Crippen LogP contribution in [-0.2, 0) is 19.1 Å². The zero-order valence-electron chi connectivity index (χ0n) is 7.78. The Morgan fingerprint density at radius 2 is 1.85 bits per heavy atom. The van der Waals surface area contributed by atoms with Gasteiger partial charge in [0.25, 0.3) is 0 Å². The number of carbonyl (C=O) groups excluding carboxylic acids is 2. The SMILES string of the molecule is CCOC(=O)CC(=O)OCC(C)O. The second-order valence-corrected chi connectivity index (χ2v) is 2.51. The molecule has 0 amide bonds. The van der Waals surface area contributed by atoms with E-state index in [1.807, 2.05) is 0 Å². The van der Waals surface area contributed by atoms with E-state index in [0.29, 0.717) is 0 Å². The Hall–Kier alpha value is -1.10. The van der Waals surface area contributed by atoms with Crippen LogP contribution in [-0.4, -0.2) is 36.4 Å². The van der Waals surface area contributed by atoms with Crippen molar-refractivity contribution in [2.75, 3.05) is 13.2 Å². The van der Waals surface area contributed by atoms with Gasteiger partial charge in [0.1, 0.15) is 13.0 Å². The second kappa shape index (κ2) is 6.42. The summed E-state index contributed by atoms with van der Waals surface area (Å²) in [5, 5.41) is 8.75. The molecule has 0 fully saturated rings. The van der Waals surface area contributed by atoms with E-state index >= 15 is 0 Å². The molecule has 0 aliphatic rings. The minimum absolute atomic E-state index is 0.0990. The van der Waals surface area contributed by atoms with E-state index in [4.69, 9.17) is 5.11 Å². The monoisotopic (exact) mass is 190 g/mol. The van der Waals surface area contributed by atoms with E-state index in [1.54, 1.807) is 6.92 Å². The van der Waals surface area contributed by atoms with Crippen molar-refractivity contribution in [1.82, 2.24) is 0 Å². The average molecular weight is 190 g/mol. The van der Waals surface area contributed by atoms with Gasteiger partial charge in [-0.2, -0.15) is 0 Å². The van der Waals surface area contributed by atoms with Gasteiger partial charge < -0.3 is 14.6 Å². The zero-order chi connectivity index (χ0) is 10.3. The van der Waals surface area contributed by atoms with Gasteiger partial charge in [0.2, 0.25) is 0 Å². The summed E-state index contributed by atoms with van der Waals surface area (Å²) in [7, 11) is 0. The lowest BCUT2D eigenvalue weighted by molar-refractivity contribution is -0.155. The highest BCUT2D eigenvalue weighted by Crippen LogP contribution is 1.92. The molecular weight excluding hydrogens is 176 g/mol. The van der Waals surface area contributed by atoms with Gasteiger partial charge in [-0.15, -0.1) is 0 Å². The maximum absolute atomic E-state index is 10.8. The Bertz CT molecular complexity index is 175. The van der Waals surface area contributed by atoms with Gasteiger partial charge in [-0.25, -0.2) is 0 Å². The topological polar surface area (TPSA) is 72.8 Å². The number of aliphatic hydroxyl groups excluding tert-OH is 1. The first-order valence-corrected chi connectivity index (χ1v) is 4.05. The maximum Gasteiger partial charge on any atom is 0.317 e. The molecule has 1 N–H and O–H groups in total. The first kappa shape index (κ1) is 11.9. The van der Waals surface area contributed by atoms with Crippen molar-refractivity contribution in [1.29, 1.82) is 0 Å². The molecular formula is C8H14O5. The van der Waals surface area contributed by atoms with Gasteiger partial charge >= 0.3 is 11.9 Å². The molecule has 0 saturated heterocycles. The lowest BCUT2D eigenvalue weighted by Crippen LogP contribution is -2.18. The van der Waals surface area contributed by atoms with Crippen molar-refractivity contribution in [2.45, 2.75) is 26.4 Å². The summed E-state index contributed by atoms with van der Waals surface area (Å²) in [6.07, 6.45) is -1.12. The molecule has 0 spiro atoms. The molecule has 0 heterocycles. The molecule has 0 aliphatic heterocycles. The molecule has 1 atom stereocenters. The smallest absolute Gasteiger partial charge is 0.317 e. The number of ether oxygens (including phenoxy) is 2. The van der Waals surface area contributed by atoms with Crippen LogP contribution in [0.2, 0.25) is 0 Å². The van der Waals surface area contributed by atoms with Crippen LogP contribution in [0.3, 0.4) is 0 Å². The van der Waals surface area contributed by atoms with Gasteiger partial charge in [-0.3, -0.25) is 9.59 Å². The Balaban J connectivity index is 3.56. The molecule has 0 saturated carbocycles. The van der Waals surface area contributed by atoms with E-state index < -0.39 is 24.5 Å². The van der Waals surface area contributed by atoms with Crippen LogP contribution < -0.4 is 0 Å². The van der Waals surface area contributed by atoms with E-state index in [0.717, 1.165) is 0 Å². The number of rotatable bonds is 5. The van der Waals surface area contributed by atoms with Crippen molar-refractivity contribution in [3.8, 4) is 0 Å². The molecule has 13 heavy (non-hydrogen) atoms. The molecule has 0 aromatic rings. The van der Waals surface area contributed by atoms with Gasteiger partial charge in [-0.05, 0) is 13.8 Å². The highest BCUT2D eigenvalue weighted by molar-refractivity contribution is 5.91. The van der Waals surface area contributed by atoms with Gasteiger partial charge in [-0.1, -0.05) is 0 Å². The molecule has 0 bridgehead atoms. The van der Waals surface area contributed by atoms with Crippen LogP contribution in [0, 0.1) is 0 Å².